The minimum absolute atomic E-state index is 0.115. The highest BCUT2D eigenvalue weighted by Crippen LogP contribution is 2.47. The van der Waals surface area contributed by atoms with Crippen LogP contribution in [0.5, 0.6) is 0 Å². The smallest absolute Gasteiger partial charge is 0.159 e. The summed E-state index contributed by atoms with van der Waals surface area (Å²) in [6, 6.07) is 6.32. The zero-order valence-corrected chi connectivity index (χ0v) is 17.4. The van der Waals surface area contributed by atoms with E-state index < -0.39 is 0 Å². The van der Waals surface area contributed by atoms with Gasteiger partial charge in [-0.3, -0.25) is 9.58 Å². The monoisotopic (exact) mass is 402 g/mol. The van der Waals surface area contributed by atoms with E-state index in [0.717, 1.165) is 48.5 Å². The first-order valence-corrected chi connectivity index (χ1v) is 10.8. The molecular weight excluding hydrogens is 376 g/mol. The second-order valence-corrected chi connectivity index (χ2v) is 9.49. The molecule has 154 valence electrons. The highest BCUT2D eigenvalue weighted by atomic mass is 15.3. The maximum atomic E-state index is 9.39. The maximum absolute atomic E-state index is 9.39. The molecule has 6 rings (SSSR count). The molecule has 1 N–H and O–H groups in total. The van der Waals surface area contributed by atoms with Crippen molar-refractivity contribution in [1.82, 2.24) is 29.6 Å². The molecule has 3 aromatic rings. The number of anilines is 1. The van der Waals surface area contributed by atoms with Gasteiger partial charge in [-0.25, -0.2) is 9.97 Å². The van der Waals surface area contributed by atoms with Crippen molar-refractivity contribution in [1.29, 1.82) is 5.26 Å². The predicted molar refractivity (Wildman–Crippen MR) is 114 cm³/mol. The van der Waals surface area contributed by atoms with Crippen LogP contribution in [0, 0.1) is 16.7 Å². The second-order valence-electron chi connectivity index (χ2n) is 9.49. The summed E-state index contributed by atoms with van der Waals surface area (Å²) in [6.45, 7) is 4.14. The van der Waals surface area contributed by atoms with E-state index in [1.807, 2.05) is 25.6 Å². The average Bonchev–Trinajstić information content (AvgIpc) is 3.40. The molecule has 2 saturated heterocycles. The van der Waals surface area contributed by atoms with E-state index in [4.69, 9.17) is 4.98 Å². The van der Waals surface area contributed by atoms with Crippen LogP contribution >= 0.6 is 0 Å². The van der Waals surface area contributed by atoms with E-state index in [1.165, 1.54) is 18.5 Å². The first-order valence-electron chi connectivity index (χ1n) is 10.8. The van der Waals surface area contributed by atoms with Crippen molar-refractivity contribution in [2.75, 3.05) is 18.0 Å². The minimum Gasteiger partial charge on any atom is -0.366 e. The molecular formula is C22H26N8. The number of hydrogen-bond acceptors (Lipinski definition) is 6. The third-order valence-corrected chi connectivity index (χ3v) is 7.28. The molecule has 5 heterocycles. The van der Waals surface area contributed by atoms with Gasteiger partial charge in [0.15, 0.2) is 5.65 Å². The largest absolute Gasteiger partial charge is 0.366 e. The van der Waals surface area contributed by atoms with Gasteiger partial charge in [-0.05, 0) is 38.7 Å². The van der Waals surface area contributed by atoms with E-state index >= 15 is 0 Å². The third-order valence-electron chi connectivity index (χ3n) is 7.28. The van der Waals surface area contributed by atoms with E-state index in [-0.39, 0.29) is 5.41 Å². The van der Waals surface area contributed by atoms with Crippen LogP contribution in [0.15, 0.2) is 24.7 Å². The van der Waals surface area contributed by atoms with Gasteiger partial charge in [0.1, 0.15) is 11.3 Å². The van der Waals surface area contributed by atoms with Gasteiger partial charge in [0.25, 0.3) is 0 Å². The number of nitriles is 1. The van der Waals surface area contributed by atoms with Crippen LogP contribution < -0.4 is 4.90 Å². The van der Waals surface area contributed by atoms with E-state index in [1.54, 1.807) is 4.68 Å². The summed E-state index contributed by atoms with van der Waals surface area (Å²) in [5.74, 6) is 0.810. The fourth-order valence-corrected chi connectivity index (χ4v) is 5.84. The summed E-state index contributed by atoms with van der Waals surface area (Å²) in [5.41, 5.74) is 3.78. The van der Waals surface area contributed by atoms with Gasteiger partial charge in [0.2, 0.25) is 0 Å². The summed E-state index contributed by atoms with van der Waals surface area (Å²) < 4.78 is 1.78. The first-order chi connectivity index (χ1) is 14.5. The van der Waals surface area contributed by atoms with Gasteiger partial charge >= 0.3 is 0 Å². The zero-order valence-electron chi connectivity index (χ0n) is 17.4. The Kier molecular flexibility index (Phi) is 3.75. The van der Waals surface area contributed by atoms with E-state index in [9.17, 15) is 5.26 Å². The second kappa shape index (κ2) is 6.29. The lowest BCUT2D eigenvalue weighted by Crippen LogP contribution is -2.61. The quantitative estimate of drug-likeness (QED) is 0.725. The van der Waals surface area contributed by atoms with Gasteiger partial charge in [-0.1, -0.05) is 0 Å². The van der Waals surface area contributed by atoms with Gasteiger partial charge in [0.05, 0.1) is 28.9 Å². The number of rotatable bonds is 3. The van der Waals surface area contributed by atoms with Crippen molar-refractivity contribution in [3.05, 3.63) is 24.7 Å². The first kappa shape index (κ1) is 17.9. The number of fused-ring (bicyclic) bond motifs is 3. The maximum Gasteiger partial charge on any atom is 0.159 e. The van der Waals surface area contributed by atoms with Crippen LogP contribution in [-0.2, 0) is 7.05 Å². The number of aromatic nitrogens is 5. The Hall–Kier alpha value is -2.92. The third kappa shape index (κ3) is 2.65. The van der Waals surface area contributed by atoms with Crippen molar-refractivity contribution in [2.24, 2.45) is 12.5 Å². The van der Waals surface area contributed by atoms with Gasteiger partial charge in [0, 0.05) is 50.7 Å². The number of nitrogens with one attached hydrogen (secondary N) is 1. The predicted octanol–water partition coefficient (Wildman–Crippen LogP) is 2.70. The molecule has 2 aliphatic heterocycles. The van der Waals surface area contributed by atoms with Crippen LogP contribution in [0.1, 0.15) is 32.6 Å². The fourth-order valence-electron chi connectivity index (χ4n) is 5.84. The molecule has 2 atom stereocenters. The van der Waals surface area contributed by atoms with Crippen molar-refractivity contribution in [3.8, 4) is 17.5 Å². The SMILES string of the molecule is Cn1cc(-c2nc3c(N4CC5CCC(C4)N5C4CC(C)(C#N)C4)ccnc3[nH]2)cn1. The van der Waals surface area contributed by atoms with Crippen LogP contribution in [-0.4, -0.2) is 60.8 Å². The summed E-state index contributed by atoms with van der Waals surface area (Å²) in [6.07, 6.45) is 10.2. The highest BCUT2D eigenvalue weighted by molar-refractivity contribution is 5.88. The number of hydrogen-bond donors (Lipinski definition) is 1. The molecule has 0 aromatic carbocycles. The minimum atomic E-state index is -0.115. The van der Waals surface area contributed by atoms with Crippen LogP contribution in [0.4, 0.5) is 5.69 Å². The zero-order chi connectivity index (χ0) is 20.5. The lowest BCUT2D eigenvalue weighted by atomic mass is 9.67. The number of piperazine rings is 1. The molecule has 3 aromatic heterocycles. The van der Waals surface area contributed by atoms with Crippen molar-refractivity contribution < 1.29 is 0 Å². The number of aryl methyl sites for hydroxylation is 1. The number of pyridine rings is 1. The Balaban J connectivity index is 1.27. The molecule has 1 aliphatic carbocycles. The van der Waals surface area contributed by atoms with Gasteiger partial charge in [-0.15, -0.1) is 0 Å². The van der Waals surface area contributed by atoms with E-state index in [2.05, 4.69) is 43.9 Å². The Labute approximate surface area is 175 Å². The molecule has 8 heteroatoms. The Bertz CT molecular complexity index is 1130. The van der Waals surface area contributed by atoms with Crippen LogP contribution in [0.3, 0.4) is 0 Å². The number of aromatic amines is 1. The average molecular weight is 403 g/mol. The fraction of sp³-hybridized carbons (Fsp3) is 0.545. The van der Waals surface area contributed by atoms with E-state index in [0.29, 0.717) is 18.1 Å². The van der Waals surface area contributed by atoms with Crippen molar-refractivity contribution in [3.63, 3.8) is 0 Å². The molecule has 0 amide bonds. The van der Waals surface area contributed by atoms with Gasteiger partial charge < -0.3 is 9.88 Å². The van der Waals surface area contributed by atoms with Crippen molar-refractivity contribution in [2.45, 2.75) is 50.7 Å². The Morgan fingerprint density at radius 3 is 2.63 bits per heavy atom. The number of H-pyrrole nitrogens is 1. The van der Waals surface area contributed by atoms with Gasteiger partial charge in [-0.2, -0.15) is 10.4 Å². The number of imidazole rings is 1. The molecule has 3 aliphatic rings. The van der Waals surface area contributed by atoms with Crippen molar-refractivity contribution >= 4 is 16.9 Å². The molecule has 8 nitrogen and oxygen atoms in total. The summed E-state index contributed by atoms with van der Waals surface area (Å²) in [4.78, 5) is 18.0. The molecule has 2 bridgehead atoms. The Morgan fingerprint density at radius 2 is 1.97 bits per heavy atom. The number of nitrogens with zero attached hydrogens (tertiary/aromatic N) is 7. The molecule has 30 heavy (non-hydrogen) atoms. The lowest BCUT2D eigenvalue weighted by molar-refractivity contribution is 0.00680. The molecule has 1 saturated carbocycles. The summed E-state index contributed by atoms with van der Waals surface area (Å²) in [7, 11) is 1.91. The highest BCUT2D eigenvalue weighted by Gasteiger charge is 2.51. The normalized spacial score (nSPS) is 31.1. The molecule has 2 unspecified atom stereocenters. The lowest BCUT2D eigenvalue weighted by Gasteiger charge is -2.52. The van der Waals surface area contributed by atoms with Crippen LogP contribution in [0.2, 0.25) is 0 Å². The molecule has 0 spiro atoms. The standard InChI is InChI=1S/C22H26N8/c1-22(13-23)7-17(8-22)30-15-3-4-16(30)12-29(11-15)18-5-6-24-21-19(18)26-20(27-21)14-9-25-28(2)10-14/h5-6,9-10,15-17H,3-4,7-8,11-12H2,1-2H3,(H,24,26,27). The van der Waals surface area contributed by atoms with Crippen LogP contribution in [0.25, 0.3) is 22.6 Å². The molecule has 0 radical (unpaired) electrons. The topological polar surface area (TPSA) is 89.7 Å². The summed E-state index contributed by atoms with van der Waals surface area (Å²) in [5, 5.41) is 13.6. The summed E-state index contributed by atoms with van der Waals surface area (Å²) >= 11 is 0. The Morgan fingerprint density at radius 1 is 1.20 bits per heavy atom. The molecule has 3 fully saturated rings.